The van der Waals surface area contributed by atoms with Gasteiger partial charge in [0.1, 0.15) is 0 Å². The van der Waals surface area contributed by atoms with Gasteiger partial charge in [0, 0.05) is 4.88 Å². The highest BCUT2D eigenvalue weighted by molar-refractivity contribution is 7.14. The molecule has 1 amide bonds. The molecule has 1 aromatic rings. The zero-order valence-electron chi connectivity index (χ0n) is 6.27. The number of primary amides is 1. The number of hydrogen-bond acceptors (Lipinski definition) is 2. The second kappa shape index (κ2) is 2.83. The van der Waals surface area contributed by atoms with Crippen LogP contribution in [0.15, 0.2) is 0 Å². The van der Waals surface area contributed by atoms with E-state index in [9.17, 15) is 4.79 Å². The highest BCUT2D eigenvalue weighted by Gasteiger charge is 2.13. The molecule has 1 aromatic heterocycles. The Morgan fingerprint density at radius 2 is 2.09 bits per heavy atom. The summed E-state index contributed by atoms with van der Waals surface area (Å²) < 4.78 is 0. The number of aryl methyl sites for hydroxylation is 1. The molecule has 0 fully saturated rings. The standard InChI is InChI=1S/C7H8ClNOS/c1-3-5(8)4(2)11-6(3)7(9)10/h1-2H3,(H2,9,10). The molecular formula is C7H8ClNOS. The van der Waals surface area contributed by atoms with Gasteiger partial charge in [-0.05, 0) is 19.4 Å². The quantitative estimate of drug-likeness (QED) is 0.723. The lowest BCUT2D eigenvalue weighted by atomic mass is 10.2. The molecule has 11 heavy (non-hydrogen) atoms. The van der Waals surface area contributed by atoms with Crippen LogP contribution in [0, 0.1) is 13.8 Å². The molecule has 0 radical (unpaired) electrons. The fourth-order valence-electron chi connectivity index (χ4n) is 0.873. The predicted molar refractivity (Wildman–Crippen MR) is 47.3 cm³/mol. The summed E-state index contributed by atoms with van der Waals surface area (Å²) in [5, 5.41) is 0.656. The van der Waals surface area contributed by atoms with Crippen molar-refractivity contribution in [3.05, 3.63) is 20.3 Å². The lowest BCUT2D eigenvalue weighted by Gasteiger charge is -1.90. The molecule has 4 heteroatoms. The number of carbonyl (C=O) groups is 1. The Bertz CT molecular complexity index is 306. The van der Waals surface area contributed by atoms with Gasteiger partial charge in [-0.1, -0.05) is 11.6 Å². The largest absolute Gasteiger partial charge is 0.365 e. The molecule has 0 aliphatic rings. The zero-order chi connectivity index (χ0) is 8.59. The summed E-state index contributed by atoms with van der Waals surface area (Å²) in [6, 6.07) is 0. The molecule has 0 unspecified atom stereocenters. The normalized spacial score (nSPS) is 10.1. The maximum absolute atomic E-state index is 10.8. The van der Waals surface area contributed by atoms with Crippen molar-refractivity contribution in [2.45, 2.75) is 13.8 Å². The molecule has 0 atom stereocenters. The van der Waals surface area contributed by atoms with E-state index in [2.05, 4.69) is 0 Å². The van der Waals surface area contributed by atoms with Crippen molar-refractivity contribution in [3.63, 3.8) is 0 Å². The lowest BCUT2D eigenvalue weighted by Crippen LogP contribution is -2.09. The first kappa shape index (κ1) is 8.56. The van der Waals surface area contributed by atoms with Crippen LogP contribution in [0.1, 0.15) is 20.1 Å². The number of rotatable bonds is 1. The van der Waals surface area contributed by atoms with Crippen molar-refractivity contribution >= 4 is 28.8 Å². The van der Waals surface area contributed by atoms with Gasteiger partial charge in [-0.25, -0.2) is 0 Å². The third-order valence-corrected chi connectivity index (χ3v) is 3.36. The molecule has 0 spiro atoms. The number of nitrogens with two attached hydrogens (primary N) is 1. The number of halogens is 1. The Morgan fingerprint density at radius 3 is 2.27 bits per heavy atom. The fourth-order valence-corrected chi connectivity index (χ4v) is 2.04. The average Bonchev–Trinajstić information content (AvgIpc) is 2.17. The van der Waals surface area contributed by atoms with Gasteiger partial charge in [0.05, 0.1) is 9.90 Å². The van der Waals surface area contributed by atoms with Crippen LogP contribution in [0.25, 0.3) is 0 Å². The van der Waals surface area contributed by atoms with Crippen molar-refractivity contribution in [3.8, 4) is 0 Å². The second-order valence-corrected chi connectivity index (χ2v) is 3.89. The van der Waals surface area contributed by atoms with Crippen LogP contribution in [0.2, 0.25) is 5.02 Å². The van der Waals surface area contributed by atoms with Gasteiger partial charge in [-0.3, -0.25) is 4.79 Å². The van der Waals surface area contributed by atoms with Crippen LogP contribution in [-0.2, 0) is 0 Å². The molecule has 1 rings (SSSR count). The van der Waals surface area contributed by atoms with Crippen LogP contribution in [0.3, 0.4) is 0 Å². The van der Waals surface area contributed by atoms with Crippen LogP contribution in [-0.4, -0.2) is 5.91 Å². The number of carbonyl (C=O) groups excluding carboxylic acids is 1. The number of thiophene rings is 1. The molecule has 1 heterocycles. The molecule has 2 N–H and O–H groups in total. The molecule has 0 aliphatic heterocycles. The van der Waals surface area contributed by atoms with Crippen LogP contribution in [0.5, 0.6) is 0 Å². The van der Waals surface area contributed by atoms with Gasteiger partial charge < -0.3 is 5.73 Å². The van der Waals surface area contributed by atoms with E-state index in [1.54, 1.807) is 6.92 Å². The predicted octanol–water partition coefficient (Wildman–Crippen LogP) is 2.12. The highest BCUT2D eigenvalue weighted by atomic mass is 35.5. The summed E-state index contributed by atoms with van der Waals surface area (Å²) in [5.74, 6) is -0.400. The minimum absolute atomic E-state index is 0.400. The van der Waals surface area contributed by atoms with Gasteiger partial charge in [0.25, 0.3) is 5.91 Å². The number of hydrogen-bond donors (Lipinski definition) is 1. The Kier molecular flexibility index (Phi) is 2.20. The molecule has 60 valence electrons. The fraction of sp³-hybridized carbons (Fsp3) is 0.286. The van der Waals surface area contributed by atoms with Crippen molar-refractivity contribution in [2.75, 3.05) is 0 Å². The van der Waals surface area contributed by atoms with Gasteiger partial charge >= 0.3 is 0 Å². The Morgan fingerprint density at radius 1 is 1.55 bits per heavy atom. The summed E-state index contributed by atoms with van der Waals surface area (Å²) in [4.78, 5) is 12.3. The molecule has 0 aliphatic carbocycles. The van der Waals surface area contributed by atoms with E-state index < -0.39 is 5.91 Å². The summed E-state index contributed by atoms with van der Waals surface area (Å²) >= 11 is 7.19. The van der Waals surface area contributed by atoms with E-state index in [4.69, 9.17) is 17.3 Å². The van der Waals surface area contributed by atoms with Crippen LogP contribution >= 0.6 is 22.9 Å². The Balaban J connectivity index is 3.29. The summed E-state index contributed by atoms with van der Waals surface area (Å²) in [6.07, 6.45) is 0. The maximum Gasteiger partial charge on any atom is 0.259 e. The molecule has 0 aromatic carbocycles. The first-order chi connectivity index (χ1) is 5.04. The van der Waals surface area contributed by atoms with Crippen LogP contribution in [0.4, 0.5) is 0 Å². The molecule has 0 saturated heterocycles. The van der Waals surface area contributed by atoms with E-state index in [0.717, 1.165) is 10.4 Å². The highest BCUT2D eigenvalue weighted by Crippen LogP contribution is 2.30. The first-order valence-electron chi connectivity index (χ1n) is 3.09. The third-order valence-electron chi connectivity index (χ3n) is 1.46. The summed E-state index contributed by atoms with van der Waals surface area (Å²) in [5.41, 5.74) is 5.90. The first-order valence-corrected chi connectivity index (χ1v) is 4.28. The summed E-state index contributed by atoms with van der Waals surface area (Å²) in [7, 11) is 0. The smallest absolute Gasteiger partial charge is 0.259 e. The second-order valence-electron chi connectivity index (χ2n) is 2.29. The van der Waals surface area contributed by atoms with Gasteiger partial charge in [-0.15, -0.1) is 11.3 Å². The number of amides is 1. The van der Waals surface area contributed by atoms with E-state index in [1.807, 2.05) is 6.92 Å². The maximum atomic E-state index is 10.8. The van der Waals surface area contributed by atoms with E-state index >= 15 is 0 Å². The molecule has 0 saturated carbocycles. The monoisotopic (exact) mass is 189 g/mol. The van der Waals surface area contributed by atoms with Crippen molar-refractivity contribution in [1.29, 1.82) is 0 Å². The molecular weight excluding hydrogens is 182 g/mol. The SMILES string of the molecule is Cc1sc(C(N)=O)c(C)c1Cl. The third kappa shape index (κ3) is 1.39. The van der Waals surface area contributed by atoms with E-state index in [-0.39, 0.29) is 0 Å². The zero-order valence-corrected chi connectivity index (χ0v) is 7.84. The minimum atomic E-state index is -0.400. The van der Waals surface area contributed by atoms with Crippen molar-refractivity contribution < 1.29 is 4.79 Å². The van der Waals surface area contributed by atoms with E-state index in [0.29, 0.717) is 9.90 Å². The summed E-state index contributed by atoms with van der Waals surface area (Å²) in [6.45, 7) is 3.67. The Labute approximate surface area is 74.0 Å². The van der Waals surface area contributed by atoms with E-state index in [1.165, 1.54) is 11.3 Å². The Hall–Kier alpha value is -0.540. The van der Waals surface area contributed by atoms with Gasteiger partial charge in [-0.2, -0.15) is 0 Å². The van der Waals surface area contributed by atoms with Crippen LogP contribution < -0.4 is 5.73 Å². The van der Waals surface area contributed by atoms with Crippen molar-refractivity contribution in [2.24, 2.45) is 5.73 Å². The average molecular weight is 190 g/mol. The molecule has 0 bridgehead atoms. The van der Waals surface area contributed by atoms with Gasteiger partial charge in [0.15, 0.2) is 0 Å². The minimum Gasteiger partial charge on any atom is -0.365 e. The van der Waals surface area contributed by atoms with Crippen molar-refractivity contribution in [1.82, 2.24) is 0 Å². The topological polar surface area (TPSA) is 43.1 Å². The lowest BCUT2D eigenvalue weighted by molar-refractivity contribution is 0.100. The van der Waals surface area contributed by atoms with Gasteiger partial charge in [0.2, 0.25) is 0 Å². The molecule has 2 nitrogen and oxygen atoms in total.